The second kappa shape index (κ2) is 2.09. The molecule has 2 aliphatic heterocycles. The van der Waals surface area contributed by atoms with Crippen LogP contribution in [0, 0.1) is 5.92 Å². The van der Waals surface area contributed by atoms with Gasteiger partial charge in [0.15, 0.2) is 0 Å². The van der Waals surface area contributed by atoms with Gasteiger partial charge in [-0.15, -0.1) is 0 Å². The summed E-state index contributed by atoms with van der Waals surface area (Å²) in [6, 6.07) is 0. The van der Waals surface area contributed by atoms with E-state index in [1.807, 2.05) is 0 Å². The minimum atomic E-state index is 0.223. The van der Waals surface area contributed by atoms with Crippen LogP contribution in [-0.2, 0) is 4.79 Å². The fourth-order valence-corrected chi connectivity index (χ4v) is 2.86. The average molecular weight is 251 g/mol. The van der Waals surface area contributed by atoms with Crippen LogP contribution in [0.4, 0.5) is 0 Å². The maximum Gasteiger partial charge on any atom is 0.220 e. The molecule has 3 fully saturated rings. The zero-order valence-corrected chi connectivity index (χ0v) is 7.85. The Balaban J connectivity index is 2.09. The minimum absolute atomic E-state index is 0.223. The number of carbonyl (C=O) groups excluding carboxylic acids is 1. The molecule has 0 unspecified atom stereocenters. The summed E-state index contributed by atoms with van der Waals surface area (Å²) in [5.41, 5.74) is 0.223. The van der Waals surface area contributed by atoms with Gasteiger partial charge in [-0.25, -0.2) is 0 Å². The molecule has 2 bridgehead atoms. The molecule has 3 rings (SSSR count). The van der Waals surface area contributed by atoms with E-state index in [-0.39, 0.29) is 11.4 Å². The van der Waals surface area contributed by atoms with E-state index in [2.05, 4.69) is 27.9 Å². The van der Waals surface area contributed by atoms with Gasteiger partial charge in [0, 0.05) is 16.4 Å². The van der Waals surface area contributed by atoms with Gasteiger partial charge >= 0.3 is 0 Å². The van der Waals surface area contributed by atoms with Crippen LogP contribution in [0.3, 0.4) is 0 Å². The molecule has 2 heterocycles. The fraction of sp³-hybridized carbons (Fsp3) is 0.857. The monoisotopic (exact) mass is 251 g/mol. The van der Waals surface area contributed by atoms with Crippen molar-refractivity contribution in [2.45, 2.75) is 24.8 Å². The van der Waals surface area contributed by atoms with Crippen molar-refractivity contribution in [1.82, 2.24) is 5.32 Å². The molecule has 2 nitrogen and oxygen atoms in total. The van der Waals surface area contributed by atoms with Crippen molar-refractivity contribution in [3.63, 3.8) is 0 Å². The first-order valence-electron chi connectivity index (χ1n) is 3.61. The highest BCUT2D eigenvalue weighted by molar-refractivity contribution is 14.1. The van der Waals surface area contributed by atoms with Crippen molar-refractivity contribution >= 4 is 28.5 Å². The zero-order valence-electron chi connectivity index (χ0n) is 5.69. The first-order chi connectivity index (χ1) is 4.74. The lowest BCUT2D eigenvalue weighted by molar-refractivity contribution is -0.132. The van der Waals surface area contributed by atoms with Gasteiger partial charge in [-0.2, -0.15) is 0 Å². The van der Waals surface area contributed by atoms with Crippen LogP contribution < -0.4 is 5.32 Å². The lowest BCUT2D eigenvalue weighted by Crippen LogP contribution is -2.63. The standard InChI is InChI=1S/C7H10INO/c8-4-7-2-5(3-7)1-6(10)9-7/h5H,1-4H2,(H,9,10). The Hall–Kier alpha value is 0.200. The molecular weight excluding hydrogens is 241 g/mol. The number of fused-ring (bicyclic) bond motifs is 2. The third-order valence-electron chi connectivity index (χ3n) is 2.49. The molecule has 0 aromatic rings. The molecular formula is C7H10INO. The van der Waals surface area contributed by atoms with Gasteiger partial charge in [0.1, 0.15) is 0 Å². The van der Waals surface area contributed by atoms with E-state index in [9.17, 15) is 4.79 Å². The van der Waals surface area contributed by atoms with Crippen LogP contribution in [0.1, 0.15) is 19.3 Å². The van der Waals surface area contributed by atoms with Crippen LogP contribution >= 0.6 is 22.6 Å². The molecule has 1 amide bonds. The summed E-state index contributed by atoms with van der Waals surface area (Å²) in [6.07, 6.45) is 3.22. The van der Waals surface area contributed by atoms with Crippen molar-refractivity contribution in [1.29, 1.82) is 0 Å². The molecule has 1 N–H and O–H groups in total. The van der Waals surface area contributed by atoms with Crippen LogP contribution in [0.2, 0.25) is 0 Å². The van der Waals surface area contributed by atoms with E-state index < -0.39 is 0 Å². The normalized spacial score (nSPS) is 44.1. The summed E-state index contributed by atoms with van der Waals surface area (Å²) in [5.74, 6) is 0.975. The van der Waals surface area contributed by atoms with Crippen molar-refractivity contribution < 1.29 is 4.79 Å². The van der Waals surface area contributed by atoms with Gasteiger partial charge in [0.2, 0.25) is 5.91 Å². The van der Waals surface area contributed by atoms with E-state index in [1.54, 1.807) is 0 Å². The predicted molar refractivity (Wildman–Crippen MR) is 47.1 cm³/mol. The summed E-state index contributed by atoms with van der Waals surface area (Å²) in [4.78, 5) is 11.0. The summed E-state index contributed by atoms with van der Waals surface area (Å²) >= 11 is 2.36. The van der Waals surface area contributed by atoms with Crippen molar-refractivity contribution in [2.75, 3.05) is 4.43 Å². The van der Waals surface area contributed by atoms with Crippen molar-refractivity contribution in [2.24, 2.45) is 5.92 Å². The van der Waals surface area contributed by atoms with E-state index in [4.69, 9.17) is 0 Å². The van der Waals surface area contributed by atoms with E-state index in [1.165, 1.54) is 12.8 Å². The third-order valence-corrected chi connectivity index (χ3v) is 3.95. The van der Waals surface area contributed by atoms with Crippen LogP contribution in [-0.4, -0.2) is 15.9 Å². The summed E-state index contributed by atoms with van der Waals surface area (Å²) < 4.78 is 1.08. The minimum Gasteiger partial charge on any atom is -0.350 e. The lowest BCUT2D eigenvalue weighted by atomic mass is 9.65. The van der Waals surface area contributed by atoms with Gasteiger partial charge in [-0.05, 0) is 18.8 Å². The molecule has 3 heteroatoms. The van der Waals surface area contributed by atoms with E-state index in [0.717, 1.165) is 10.8 Å². The number of rotatable bonds is 1. The lowest BCUT2D eigenvalue weighted by Gasteiger charge is -2.51. The molecule has 0 atom stereocenters. The Bertz CT molecular complexity index is 174. The molecule has 1 saturated carbocycles. The maximum atomic E-state index is 11.0. The molecule has 10 heavy (non-hydrogen) atoms. The Morgan fingerprint density at radius 3 is 2.80 bits per heavy atom. The SMILES string of the molecule is O=C1CC2CC(CI)(C2)N1. The average Bonchev–Trinajstić information content (AvgIpc) is 1.84. The molecule has 56 valence electrons. The van der Waals surface area contributed by atoms with Crippen LogP contribution in [0.5, 0.6) is 0 Å². The number of halogens is 1. The maximum absolute atomic E-state index is 11.0. The Kier molecular flexibility index (Phi) is 1.44. The summed E-state index contributed by atoms with van der Waals surface area (Å²) in [7, 11) is 0. The van der Waals surface area contributed by atoms with Gasteiger partial charge in [-0.3, -0.25) is 4.79 Å². The second-order valence-electron chi connectivity index (χ2n) is 3.44. The van der Waals surface area contributed by atoms with Gasteiger partial charge in [0.25, 0.3) is 0 Å². The topological polar surface area (TPSA) is 29.1 Å². The Labute approximate surface area is 73.9 Å². The van der Waals surface area contributed by atoms with Gasteiger partial charge in [0.05, 0.1) is 0 Å². The number of nitrogens with one attached hydrogen (secondary N) is 1. The quantitative estimate of drug-likeness (QED) is 0.548. The van der Waals surface area contributed by atoms with Gasteiger partial charge < -0.3 is 5.32 Å². The highest BCUT2D eigenvalue weighted by Gasteiger charge is 2.49. The van der Waals surface area contributed by atoms with Crippen molar-refractivity contribution in [3.8, 4) is 0 Å². The van der Waals surface area contributed by atoms with Crippen LogP contribution in [0.25, 0.3) is 0 Å². The van der Waals surface area contributed by atoms with E-state index >= 15 is 0 Å². The largest absolute Gasteiger partial charge is 0.350 e. The van der Waals surface area contributed by atoms with Crippen molar-refractivity contribution in [3.05, 3.63) is 0 Å². The molecule has 3 aliphatic rings. The first kappa shape index (κ1) is 6.88. The number of hydrogen-bond donors (Lipinski definition) is 1. The Morgan fingerprint density at radius 2 is 2.40 bits per heavy atom. The highest BCUT2D eigenvalue weighted by Crippen LogP contribution is 2.44. The Morgan fingerprint density at radius 1 is 1.70 bits per heavy atom. The number of amides is 1. The summed E-state index contributed by atoms with van der Waals surface area (Å²) in [6.45, 7) is 0. The third kappa shape index (κ3) is 0.863. The number of carbonyl (C=O) groups is 1. The molecule has 1 aliphatic carbocycles. The molecule has 2 saturated heterocycles. The predicted octanol–water partition coefficient (Wildman–Crippen LogP) is 1.09. The number of hydrogen-bond acceptors (Lipinski definition) is 1. The molecule has 0 radical (unpaired) electrons. The smallest absolute Gasteiger partial charge is 0.220 e. The first-order valence-corrected chi connectivity index (χ1v) is 5.14. The van der Waals surface area contributed by atoms with Gasteiger partial charge in [-0.1, -0.05) is 22.6 Å². The molecule has 0 aromatic heterocycles. The van der Waals surface area contributed by atoms with Crippen LogP contribution in [0.15, 0.2) is 0 Å². The molecule has 0 aromatic carbocycles. The molecule has 0 spiro atoms. The zero-order chi connectivity index (χ0) is 7.19. The fourth-order valence-electron chi connectivity index (χ4n) is 2.04. The second-order valence-corrected chi connectivity index (χ2v) is 4.20. The van der Waals surface area contributed by atoms with E-state index in [0.29, 0.717) is 5.92 Å². The summed E-state index contributed by atoms with van der Waals surface area (Å²) in [5, 5.41) is 3.06. The number of piperidine rings is 2. The highest BCUT2D eigenvalue weighted by atomic mass is 127. The number of alkyl halides is 1.